The Hall–Kier alpha value is -0.660. The lowest BCUT2D eigenvalue weighted by Gasteiger charge is -2.54. The molecule has 6 nitrogen and oxygen atoms in total. The van der Waals surface area contributed by atoms with Gasteiger partial charge in [0.15, 0.2) is 5.60 Å². The molecule has 0 aromatic carbocycles. The van der Waals surface area contributed by atoms with Crippen LogP contribution in [-0.2, 0) is 28.5 Å². The number of cyclic esters (lactones) is 1. The Balaban J connectivity index is 1.38. The Morgan fingerprint density at radius 1 is 1.25 bits per heavy atom. The smallest absolute Gasteiger partial charge is 0.334 e. The minimum absolute atomic E-state index is 0.0306. The van der Waals surface area contributed by atoms with E-state index >= 15 is 0 Å². The molecule has 7 rings (SSSR count). The Morgan fingerprint density at radius 3 is 2.82 bits per heavy atom. The zero-order valence-electron chi connectivity index (χ0n) is 16.3. The third-order valence-corrected chi connectivity index (χ3v) is 9.42. The first kappa shape index (κ1) is 17.1. The fourth-order valence-corrected chi connectivity index (χ4v) is 8.11. The number of hydrogen-bond acceptors (Lipinski definition) is 6. The van der Waals surface area contributed by atoms with E-state index in [4.69, 9.17) is 35.3 Å². The van der Waals surface area contributed by atoms with E-state index in [0.29, 0.717) is 12.5 Å². The van der Waals surface area contributed by atoms with Gasteiger partial charge in [-0.05, 0) is 36.7 Å². The Morgan fingerprint density at radius 2 is 2.07 bits per heavy atom. The summed E-state index contributed by atoms with van der Waals surface area (Å²) in [6.45, 7) is 7.11. The molecule has 0 unspecified atom stereocenters. The lowest BCUT2D eigenvalue weighted by molar-refractivity contribution is -0.136. The summed E-state index contributed by atoms with van der Waals surface area (Å²) in [6.07, 6.45) is 2.42. The first-order valence-corrected chi connectivity index (χ1v) is 11.0. The molecule has 0 aromatic rings. The molecule has 4 heterocycles. The van der Waals surface area contributed by atoms with Crippen molar-refractivity contribution in [2.75, 3.05) is 12.7 Å². The molecule has 4 aliphatic heterocycles. The summed E-state index contributed by atoms with van der Waals surface area (Å²) in [5.41, 5.74) is 0.667. The van der Waals surface area contributed by atoms with Crippen molar-refractivity contribution in [3.63, 3.8) is 0 Å². The number of halogens is 1. The van der Waals surface area contributed by atoms with Gasteiger partial charge in [0, 0.05) is 11.0 Å². The van der Waals surface area contributed by atoms with E-state index in [0.717, 1.165) is 24.8 Å². The van der Waals surface area contributed by atoms with Crippen LogP contribution in [-0.4, -0.2) is 59.9 Å². The Kier molecular flexibility index (Phi) is 2.83. The average molecular weight is 409 g/mol. The summed E-state index contributed by atoms with van der Waals surface area (Å²) in [5, 5.41) is 0. The van der Waals surface area contributed by atoms with Crippen LogP contribution >= 0.6 is 11.6 Å². The van der Waals surface area contributed by atoms with Crippen molar-refractivity contribution < 1.29 is 28.5 Å². The number of ether oxygens (including phenoxy) is 5. The van der Waals surface area contributed by atoms with Crippen molar-refractivity contribution in [1.29, 1.82) is 0 Å². The number of carbonyl (C=O) groups excluding carboxylic acids is 1. The zero-order chi connectivity index (χ0) is 19.3. The number of hydrogen-bond donors (Lipinski definition) is 0. The molecule has 3 aliphatic carbocycles. The highest BCUT2D eigenvalue weighted by molar-refractivity contribution is 6.17. The first-order chi connectivity index (χ1) is 13.4. The molecule has 2 spiro atoms. The molecule has 7 aliphatic rings. The van der Waals surface area contributed by atoms with Crippen LogP contribution in [0.4, 0.5) is 0 Å². The monoisotopic (exact) mass is 408 g/mol. The normalized spacial score (nSPS) is 59.5. The standard InChI is InChI=1S/C21H25ClO6/c1-9(2)19-14(27-19)15-21(28-15)18(3)5-4-10-11(7-24-16(10)23)12(18)6-13-20(21,26-13)17(19)25-8-22/h9,12-15,17H,4-8H2,1-3H3/t12-,13-,14-,15-,17+,18-,19-,20+,21+/m0/s1. The lowest BCUT2D eigenvalue weighted by Crippen LogP contribution is -2.69. The van der Waals surface area contributed by atoms with Crippen molar-refractivity contribution in [2.24, 2.45) is 17.3 Å². The zero-order valence-corrected chi connectivity index (χ0v) is 17.1. The molecule has 152 valence electrons. The molecule has 0 amide bonds. The third-order valence-electron chi connectivity index (χ3n) is 9.30. The average Bonchev–Trinajstić information content (AvgIpc) is 3.54. The van der Waals surface area contributed by atoms with Gasteiger partial charge in [-0.2, -0.15) is 0 Å². The second kappa shape index (κ2) is 4.65. The second-order valence-electron chi connectivity index (χ2n) is 10.2. The van der Waals surface area contributed by atoms with E-state index in [1.165, 1.54) is 5.57 Å². The summed E-state index contributed by atoms with van der Waals surface area (Å²) >= 11 is 6.08. The predicted octanol–water partition coefficient (Wildman–Crippen LogP) is 2.32. The van der Waals surface area contributed by atoms with Crippen molar-refractivity contribution in [1.82, 2.24) is 0 Å². The Bertz CT molecular complexity index is 856. The lowest BCUT2D eigenvalue weighted by atomic mass is 9.46. The summed E-state index contributed by atoms with van der Waals surface area (Å²) in [5.74, 6) is 0.405. The molecule has 28 heavy (non-hydrogen) atoms. The van der Waals surface area contributed by atoms with Crippen LogP contribution in [0, 0.1) is 17.3 Å². The minimum atomic E-state index is -0.489. The molecule has 0 aromatic heterocycles. The maximum atomic E-state index is 12.2. The van der Waals surface area contributed by atoms with E-state index in [-0.39, 0.29) is 53.4 Å². The van der Waals surface area contributed by atoms with E-state index < -0.39 is 11.2 Å². The van der Waals surface area contributed by atoms with Crippen LogP contribution in [0.25, 0.3) is 0 Å². The maximum absolute atomic E-state index is 12.2. The van der Waals surface area contributed by atoms with Gasteiger partial charge in [-0.3, -0.25) is 0 Å². The molecule has 2 saturated carbocycles. The van der Waals surface area contributed by atoms with Crippen LogP contribution in [0.2, 0.25) is 0 Å². The predicted molar refractivity (Wildman–Crippen MR) is 96.7 cm³/mol. The summed E-state index contributed by atoms with van der Waals surface area (Å²) in [6, 6.07) is 0.117. The van der Waals surface area contributed by atoms with Crippen molar-refractivity contribution >= 4 is 17.6 Å². The molecule has 0 N–H and O–H groups in total. The topological polar surface area (TPSA) is 73.1 Å². The number of epoxide rings is 3. The van der Waals surface area contributed by atoms with Gasteiger partial charge in [-0.25, -0.2) is 4.79 Å². The molecule has 9 atom stereocenters. The van der Waals surface area contributed by atoms with Gasteiger partial charge in [-0.15, -0.1) is 0 Å². The number of rotatable bonds is 3. The number of fused-ring (bicyclic) bond motifs is 4. The fourth-order valence-electron chi connectivity index (χ4n) is 7.98. The van der Waals surface area contributed by atoms with E-state index in [2.05, 4.69) is 20.8 Å². The summed E-state index contributed by atoms with van der Waals surface area (Å²) in [7, 11) is 0. The molecular formula is C21H25ClO6. The Labute approximate surface area is 168 Å². The first-order valence-electron chi connectivity index (χ1n) is 10.5. The van der Waals surface area contributed by atoms with Gasteiger partial charge in [0.25, 0.3) is 0 Å². The van der Waals surface area contributed by atoms with Gasteiger partial charge in [0.2, 0.25) is 0 Å². The van der Waals surface area contributed by atoms with Gasteiger partial charge in [-0.1, -0.05) is 32.4 Å². The van der Waals surface area contributed by atoms with Crippen LogP contribution in [0.5, 0.6) is 0 Å². The van der Waals surface area contributed by atoms with Crippen LogP contribution in [0.1, 0.15) is 40.0 Å². The number of alkyl halides is 1. The van der Waals surface area contributed by atoms with Gasteiger partial charge < -0.3 is 23.7 Å². The molecular weight excluding hydrogens is 384 g/mol. The fraction of sp³-hybridized carbons (Fsp3) is 0.857. The van der Waals surface area contributed by atoms with E-state index in [1.54, 1.807) is 0 Å². The van der Waals surface area contributed by atoms with Crippen molar-refractivity contribution in [2.45, 2.75) is 81.3 Å². The minimum Gasteiger partial charge on any atom is -0.458 e. The third kappa shape index (κ3) is 1.43. The molecule has 0 bridgehead atoms. The maximum Gasteiger partial charge on any atom is 0.334 e. The van der Waals surface area contributed by atoms with Crippen LogP contribution in [0.3, 0.4) is 0 Å². The largest absolute Gasteiger partial charge is 0.458 e. The van der Waals surface area contributed by atoms with Gasteiger partial charge in [0.1, 0.15) is 42.2 Å². The molecule has 0 radical (unpaired) electrons. The highest BCUT2D eigenvalue weighted by Gasteiger charge is 3.00. The summed E-state index contributed by atoms with van der Waals surface area (Å²) in [4.78, 5) is 12.2. The molecule has 7 heteroatoms. The number of carbonyl (C=O) groups is 1. The van der Waals surface area contributed by atoms with Gasteiger partial charge in [0.05, 0.1) is 6.10 Å². The SMILES string of the molecule is CC(C)[C@]12O[C@H]1[C@@H]1O[C@]13[C@]1(O[C@H]1C[C@H]1C4=C(CC[C@@]13C)C(=O)OC4)[C@@H]2OCCl. The molecule has 5 fully saturated rings. The van der Waals surface area contributed by atoms with Crippen LogP contribution < -0.4 is 0 Å². The number of esters is 1. The van der Waals surface area contributed by atoms with E-state index in [1.807, 2.05) is 0 Å². The highest BCUT2D eigenvalue weighted by atomic mass is 35.5. The summed E-state index contributed by atoms with van der Waals surface area (Å²) < 4.78 is 31.1. The highest BCUT2D eigenvalue weighted by Crippen LogP contribution is 2.83. The van der Waals surface area contributed by atoms with Crippen molar-refractivity contribution in [3.8, 4) is 0 Å². The van der Waals surface area contributed by atoms with Crippen molar-refractivity contribution in [3.05, 3.63) is 11.1 Å². The second-order valence-corrected chi connectivity index (χ2v) is 10.4. The van der Waals surface area contributed by atoms with Crippen LogP contribution in [0.15, 0.2) is 11.1 Å². The van der Waals surface area contributed by atoms with E-state index in [9.17, 15) is 4.79 Å². The molecule has 3 saturated heterocycles. The van der Waals surface area contributed by atoms with Gasteiger partial charge >= 0.3 is 5.97 Å². The quantitative estimate of drug-likeness (QED) is 0.405.